The summed E-state index contributed by atoms with van der Waals surface area (Å²) in [6.07, 6.45) is 0. The summed E-state index contributed by atoms with van der Waals surface area (Å²) >= 11 is 0. The average Bonchev–Trinajstić information content (AvgIpc) is 2.74. The van der Waals surface area contributed by atoms with E-state index < -0.39 is 5.97 Å². The van der Waals surface area contributed by atoms with E-state index in [-0.39, 0.29) is 5.91 Å². The number of amides is 1. The van der Waals surface area contributed by atoms with Gasteiger partial charge in [-0.3, -0.25) is 9.69 Å². The van der Waals surface area contributed by atoms with Crippen molar-refractivity contribution in [1.82, 2.24) is 4.90 Å². The van der Waals surface area contributed by atoms with Crippen molar-refractivity contribution in [3.63, 3.8) is 0 Å². The molecule has 0 atom stereocenters. The first-order chi connectivity index (χ1) is 13.6. The lowest BCUT2D eigenvalue weighted by molar-refractivity contribution is -0.117. The Morgan fingerprint density at radius 2 is 1.71 bits per heavy atom. The zero-order valence-corrected chi connectivity index (χ0v) is 16.2. The van der Waals surface area contributed by atoms with E-state index in [9.17, 15) is 9.59 Å². The minimum absolute atomic E-state index is 0.0688. The van der Waals surface area contributed by atoms with Crippen molar-refractivity contribution in [2.75, 3.05) is 57.2 Å². The molecule has 1 aliphatic heterocycles. The van der Waals surface area contributed by atoms with Gasteiger partial charge in [-0.15, -0.1) is 0 Å². The van der Waals surface area contributed by atoms with Crippen molar-refractivity contribution in [1.29, 1.82) is 0 Å². The Balaban J connectivity index is 1.47. The van der Waals surface area contributed by atoms with Crippen LogP contribution in [0.2, 0.25) is 0 Å². The van der Waals surface area contributed by atoms with Gasteiger partial charge in [0.15, 0.2) is 0 Å². The highest BCUT2D eigenvalue weighted by Gasteiger charge is 2.19. The van der Waals surface area contributed by atoms with Crippen molar-refractivity contribution in [2.24, 2.45) is 0 Å². The topological polar surface area (TPSA) is 71.1 Å². The van der Waals surface area contributed by atoms with Crippen LogP contribution in [0.4, 0.5) is 11.4 Å². The molecular formula is C21H25N3O4. The molecule has 7 heteroatoms. The highest BCUT2D eigenvalue weighted by atomic mass is 16.5. The number of ether oxygens (including phenoxy) is 2. The summed E-state index contributed by atoms with van der Waals surface area (Å²) in [5.41, 5.74) is 2.25. The Kier molecular flexibility index (Phi) is 6.49. The lowest BCUT2D eigenvalue weighted by Crippen LogP contribution is -2.48. The second-order valence-electron chi connectivity index (χ2n) is 6.58. The van der Waals surface area contributed by atoms with E-state index in [0.717, 1.165) is 37.6 Å². The molecule has 1 saturated heterocycles. The standard InChI is InChI=1S/C21H25N3O4/c1-27-19-5-3-4-18(14-19)24-12-10-23(11-13-24)15-20(25)22-17-8-6-16(7-9-17)21(26)28-2/h3-9,14H,10-13,15H2,1-2H3,(H,22,25). The van der Waals surface area contributed by atoms with Crippen molar-refractivity contribution in [3.05, 3.63) is 54.1 Å². The van der Waals surface area contributed by atoms with Crippen LogP contribution in [0.25, 0.3) is 0 Å². The first kappa shape index (κ1) is 19.7. The van der Waals surface area contributed by atoms with Crippen LogP contribution in [0.15, 0.2) is 48.5 Å². The molecular weight excluding hydrogens is 358 g/mol. The number of anilines is 2. The van der Waals surface area contributed by atoms with Gasteiger partial charge in [0.1, 0.15) is 5.75 Å². The number of benzene rings is 2. The van der Waals surface area contributed by atoms with Gasteiger partial charge in [-0.1, -0.05) is 6.07 Å². The lowest BCUT2D eigenvalue weighted by Gasteiger charge is -2.35. The van der Waals surface area contributed by atoms with Gasteiger partial charge in [-0.05, 0) is 36.4 Å². The number of nitrogens with zero attached hydrogens (tertiary/aromatic N) is 2. The average molecular weight is 383 g/mol. The number of hydrogen-bond donors (Lipinski definition) is 1. The largest absolute Gasteiger partial charge is 0.497 e. The van der Waals surface area contributed by atoms with Crippen LogP contribution in [-0.4, -0.2) is 63.7 Å². The quantitative estimate of drug-likeness (QED) is 0.772. The van der Waals surface area contributed by atoms with Gasteiger partial charge in [0, 0.05) is 43.6 Å². The molecule has 0 aliphatic carbocycles. The molecule has 7 nitrogen and oxygen atoms in total. The molecule has 0 saturated carbocycles. The molecule has 1 N–H and O–H groups in total. The van der Waals surface area contributed by atoms with Gasteiger partial charge in [0.25, 0.3) is 0 Å². The van der Waals surface area contributed by atoms with Crippen LogP contribution in [0.1, 0.15) is 10.4 Å². The van der Waals surface area contributed by atoms with Gasteiger partial charge in [-0.25, -0.2) is 4.79 Å². The molecule has 0 radical (unpaired) electrons. The summed E-state index contributed by atoms with van der Waals surface area (Å²) in [5, 5.41) is 2.87. The van der Waals surface area contributed by atoms with Crippen LogP contribution >= 0.6 is 0 Å². The third-order valence-electron chi connectivity index (χ3n) is 4.75. The lowest BCUT2D eigenvalue weighted by atomic mass is 10.2. The molecule has 0 bridgehead atoms. The predicted octanol–water partition coefficient (Wildman–Crippen LogP) is 2.24. The van der Waals surface area contributed by atoms with Gasteiger partial charge < -0.3 is 19.7 Å². The van der Waals surface area contributed by atoms with E-state index in [0.29, 0.717) is 17.8 Å². The molecule has 2 aromatic rings. The van der Waals surface area contributed by atoms with Gasteiger partial charge >= 0.3 is 5.97 Å². The number of hydrogen-bond acceptors (Lipinski definition) is 6. The maximum Gasteiger partial charge on any atom is 0.337 e. The third-order valence-corrected chi connectivity index (χ3v) is 4.75. The number of carbonyl (C=O) groups is 2. The number of nitrogens with one attached hydrogen (secondary N) is 1. The molecule has 1 fully saturated rings. The van der Waals surface area contributed by atoms with E-state index in [4.69, 9.17) is 4.74 Å². The highest BCUT2D eigenvalue weighted by molar-refractivity contribution is 5.94. The van der Waals surface area contributed by atoms with Crippen LogP contribution in [0.5, 0.6) is 5.75 Å². The maximum absolute atomic E-state index is 12.3. The zero-order valence-electron chi connectivity index (χ0n) is 16.2. The van der Waals surface area contributed by atoms with Crippen LogP contribution in [0, 0.1) is 0 Å². The minimum Gasteiger partial charge on any atom is -0.497 e. The van der Waals surface area contributed by atoms with Gasteiger partial charge in [-0.2, -0.15) is 0 Å². The highest BCUT2D eigenvalue weighted by Crippen LogP contribution is 2.22. The summed E-state index contributed by atoms with van der Waals surface area (Å²) < 4.78 is 9.95. The minimum atomic E-state index is -0.396. The molecule has 1 aliphatic rings. The molecule has 0 unspecified atom stereocenters. The van der Waals surface area contributed by atoms with Gasteiger partial charge in [0.05, 0.1) is 26.3 Å². The first-order valence-corrected chi connectivity index (χ1v) is 9.18. The number of rotatable bonds is 6. The van der Waals surface area contributed by atoms with Crippen molar-refractivity contribution >= 4 is 23.3 Å². The van der Waals surface area contributed by atoms with Crippen molar-refractivity contribution in [2.45, 2.75) is 0 Å². The third kappa shape index (κ3) is 5.01. The second-order valence-corrected chi connectivity index (χ2v) is 6.58. The van der Waals surface area contributed by atoms with E-state index in [1.54, 1.807) is 31.4 Å². The van der Waals surface area contributed by atoms with E-state index in [1.165, 1.54) is 7.11 Å². The Morgan fingerprint density at radius 1 is 1.00 bits per heavy atom. The summed E-state index contributed by atoms with van der Waals surface area (Å²) in [4.78, 5) is 28.2. The predicted molar refractivity (Wildman–Crippen MR) is 108 cm³/mol. The monoisotopic (exact) mass is 383 g/mol. The maximum atomic E-state index is 12.3. The first-order valence-electron chi connectivity index (χ1n) is 9.18. The van der Waals surface area contributed by atoms with Crippen molar-refractivity contribution in [3.8, 4) is 5.75 Å². The van der Waals surface area contributed by atoms with Crippen molar-refractivity contribution < 1.29 is 19.1 Å². The Hall–Kier alpha value is -3.06. The summed E-state index contributed by atoms with van der Waals surface area (Å²) in [6.45, 7) is 3.67. The zero-order chi connectivity index (χ0) is 19.9. The molecule has 148 valence electrons. The fourth-order valence-electron chi connectivity index (χ4n) is 3.18. The normalized spacial score (nSPS) is 14.4. The molecule has 1 amide bonds. The number of esters is 1. The van der Waals surface area contributed by atoms with Crippen LogP contribution in [-0.2, 0) is 9.53 Å². The molecule has 0 spiro atoms. The summed E-state index contributed by atoms with van der Waals surface area (Å²) in [5.74, 6) is 0.380. The summed E-state index contributed by atoms with van der Waals surface area (Å²) in [7, 11) is 3.00. The fraction of sp³-hybridized carbons (Fsp3) is 0.333. The molecule has 1 heterocycles. The Labute approximate surface area is 164 Å². The Bertz CT molecular complexity index is 815. The van der Waals surface area contributed by atoms with Crippen LogP contribution < -0.4 is 15.0 Å². The SMILES string of the molecule is COC(=O)c1ccc(NC(=O)CN2CCN(c3cccc(OC)c3)CC2)cc1. The number of methoxy groups -OCH3 is 2. The Morgan fingerprint density at radius 3 is 2.36 bits per heavy atom. The molecule has 3 rings (SSSR count). The second kappa shape index (κ2) is 9.23. The van der Waals surface area contributed by atoms with E-state index >= 15 is 0 Å². The van der Waals surface area contributed by atoms with E-state index in [2.05, 4.69) is 25.9 Å². The van der Waals surface area contributed by atoms with Gasteiger partial charge in [0.2, 0.25) is 5.91 Å². The smallest absolute Gasteiger partial charge is 0.337 e. The van der Waals surface area contributed by atoms with Crippen LogP contribution in [0.3, 0.4) is 0 Å². The number of carbonyl (C=O) groups excluding carboxylic acids is 2. The fourth-order valence-corrected chi connectivity index (χ4v) is 3.18. The van der Waals surface area contributed by atoms with E-state index in [1.807, 2.05) is 18.2 Å². The molecule has 0 aromatic heterocycles. The molecule has 2 aromatic carbocycles. The summed E-state index contributed by atoms with van der Waals surface area (Å²) in [6, 6.07) is 14.7. The molecule has 28 heavy (non-hydrogen) atoms. The number of piperazine rings is 1.